The molecular formula is C29H37N5O2. The highest BCUT2D eigenvalue weighted by Gasteiger charge is 2.26. The average molecular weight is 488 g/mol. The Balaban J connectivity index is 1.04. The molecule has 1 aromatic heterocycles. The second-order valence-electron chi connectivity index (χ2n) is 10.3. The molecular weight excluding hydrogens is 450 g/mol. The van der Waals surface area contributed by atoms with E-state index < -0.39 is 0 Å². The number of carbonyl (C=O) groups is 1. The van der Waals surface area contributed by atoms with Gasteiger partial charge in [-0.05, 0) is 76.0 Å². The van der Waals surface area contributed by atoms with E-state index in [1.54, 1.807) is 0 Å². The van der Waals surface area contributed by atoms with E-state index >= 15 is 0 Å². The molecule has 0 bridgehead atoms. The monoisotopic (exact) mass is 487 g/mol. The Kier molecular flexibility index (Phi) is 8.08. The number of hydrogen-bond acceptors (Lipinski definition) is 6. The zero-order chi connectivity index (χ0) is 24.7. The number of benzene rings is 2. The van der Waals surface area contributed by atoms with Crippen molar-refractivity contribution in [1.29, 1.82) is 0 Å². The lowest BCUT2D eigenvalue weighted by Gasteiger charge is -2.30. The summed E-state index contributed by atoms with van der Waals surface area (Å²) in [6.07, 6.45) is 5.69. The summed E-state index contributed by atoms with van der Waals surface area (Å²) >= 11 is 0. The third-order valence-electron chi connectivity index (χ3n) is 7.41. The summed E-state index contributed by atoms with van der Waals surface area (Å²) in [4.78, 5) is 22.2. The van der Waals surface area contributed by atoms with Crippen molar-refractivity contribution in [3.8, 4) is 11.4 Å². The SMILES string of the molecule is Cc1cccc(-c2noc(CN3CCC(C(=O)NCc4ccc(CN5CCCCC5)cc4)CC3)n2)c1. The summed E-state index contributed by atoms with van der Waals surface area (Å²) in [5.41, 5.74) is 4.65. The van der Waals surface area contributed by atoms with Crippen LogP contribution in [0, 0.1) is 12.8 Å². The maximum Gasteiger partial charge on any atom is 0.241 e. The molecule has 2 saturated heterocycles. The summed E-state index contributed by atoms with van der Waals surface area (Å²) in [5.74, 6) is 1.47. The first-order chi connectivity index (χ1) is 17.6. The number of aromatic nitrogens is 2. The largest absolute Gasteiger partial charge is 0.352 e. The van der Waals surface area contributed by atoms with E-state index in [1.807, 2.05) is 12.1 Å². The van der Waals surface area contributed by atoms with E-state index in [1.165, 1.54) is 43.5 Å². The molecule has 2 aromatic carbocycles. The first-order valence-electron chi connectivity index (χ1n) is 13.3. The topological polar surface area (TPSA) is 74.5 Å². The standard InChI is InChI=1S/C29H37N5O2/c1-22-6-5-7-26(18-22)28-31-27(36-32-28)21-34-16-12-25(13-17-34)29(35)30-19-23-8-10-24(11-9-23)20-33-14-3-2-4-15-33/h5-11,18,25H,2-4,12-17,19-21H2,1H3,(H,30,35). The van der Waals surface area contributed by atoms with Gasteiger partial charge in [0, 0.05) is 24.6 Å². The lowest BCUT2D eigenvalue weighted by atomic mass is 9.96. The fourth-order valence-electron chi connectivity index (χ4n) is 5.24. The molecule has 0 atom stereocenters. The lowest BCUT2D eigenvalue weighted by Crippen LogP contribution is -2.40. The number of hydrogen-bond donors (Lipinski definition) is 1. The van der Waals surface area contributed by atoms with E-state index in [0.29, 0.717) is 24.8 Å². The molecule has 2 aliphatic heterocycles. The third kappa shape index (κ3) is 6.59. The van der Waals surface area contributed by atoms with E-state index in [2.05, 4.69) is 68.6 Å². The fourth-order valence-corrected chi connectivity index (χ4v) is 5.24. The van der Waals surface area contributed by atoms with Crippen LogP contribution in [0.4, 0.5) is 0 Å². The predicted octanol–water partition coefficient (Wildman–Crippen LogP) is 4.56. The Morgan fingerprint density at radius 3 is 2.42 bits per heavy atom. The first-order valence-corrected chi connectivity index (χ1v) is 13.3. The van der Waals surface area contributed by atoms with Crippen LogP contribution < -0.4 is 5.32 Å². The van der Waals surface area contributed by atoms with E-state index in [-0.39, 0.29) is 11.8 Å². The van der Waals surface area contributed by atoms with Gasteiger partial charge >= 0.3 is 0 Å². The van der Waals surface area contributed by atoms with Gasteiger partial charge in [0.15, 0.2) is 0 Å². The third-order valence-corrected chi connectivity index (χ3v) is 7.41. The molecule has 7 heteroatoms. The Labute approximate surface area is 213 Å². The molecule has 1 amide bonds. The van der Waals surface area contributed by atoms with E-state index in [9.17, 15) is 4.79 Å². The smallest absolute Gasteiger partial charge is 0.241 e. The highest BCUT2D eigenvalue weighted by molar-refractivity contribution is 5.78. The normalized spacial score (nSPS) is 17.8. The second-order valence-corrected chi connectivity index (χ2v) is 10.3. The minimum atomic E-state index is 0.0603. The highest BCUT2D eigenvalue weighted by atomic mass is 16.5. The molecule has 3 heterocycles. The molecule has 2 aliphatic rings. The van der Waals surface area contributed by atoms with E-state index in [4.69, 9.17) is 4.52 Å². The zero-order valence-corrected chi connectivity index (χ0v) is 21.3. The van der Waals surface area contributed by atoms with Crippen LogP contribution in [-0.4, -0.2) is 52.0 Å². The van der Waals surface area contributed by atoms with Crippen LogP contribution in [0.15, 0.2) is 53.1 Å². The molecule has 1 N–H and O–H groups in total. The summed E-state index contributed by atoms with van der Waals surface area (Å²) < 4.78 is 5.49. The second kappa shape index (κ2) is 11.8. The van der Waals surface area contributed by atoms with Crippen molar-refractivity contribution in [2.24, 2.45) is 5.92 Å². The molecule has 2 fully saturated rings. The minimum absolute atomic E-state index is 0.0603. The van der Waals surface area contributed by atoms with Crippen LogP contribution in [0.2, 0.25) is 0 Å². The number of nitrogens with one attached hydrogen (secondary N) is 1. The molecule has 7 nitrogen and oxygen atoms in total. The van der Waals surface area contributed by atoms with Crippen molar-refractivity contribution in [3.05, 3.63) is 71.1 Å². The van der Waals surface area contributed by atoms with Crippen molar-refractivity contribution < 1.29 is 9.32 Å². The maximum atomic E-state index is 12.8. The first kappa shape index (κ1) is 24.7. The van der Waals surface area contributed by atoms with Gasteiger partial charge < -0.3 is 9.84 Å². The van der Waals surface area contributed by atoms with Crippen LogP contribution in [0.3, 0.4) is 0 Å². The van der Waals surface area contributed by atoms with Crippen molar-refractivity contribution in [2.75, 3.05) is 26.2 Å². The molecule has 5 rings (SSSR count). The van der Waals surface area contributed by atoms with Gasteiger partial charge in [0.25, 0.3) is 0 Å². The van der Waals surface area contributed by atoms with Crippen LogP contribution in [-0.2, 0) is 24.4 Å². The minimum Gasteiger partial charge on any atom is -0.352 e. The number of likely N-dealkylation sites (tertiary alicyclic amines) is 2. The van der Waals surface area contributed by atoms with Gasteiger partial charge in [0.1, 0.15) is 0 Å². The molecule has 3 aromatic rings. The molecule has 190 valence electrons. The fraction of sp³-hybridized carbons (Fsp3) is 0.483. The van der Waals surface area contributed by atoms with Crippen molar-refractivity contribution in [1.82, 2.24) is 25.3 Å². The quantitative estimate of drug-likeness (QED) is 0.502. The highest BCUT2D eigenvalue weighted by Crippen LogP contribution is 2.21. The number of aryl methyl sites for hydroxylation is 1. The number of carbonyl (C=O) groups excluding carboxylic acids is 1. The molecule has 0 saturated carbocycles. The molecule has 0 spiro atoms. The molecule has 36 heavy (non-hydrogen) atoms. The van der Waals surface area contributed by atoms with Crippen LogP contribution in [0.5, 0.6) is 0 Å². The molecule has 0 unspecified atom stereocenters. The van der Waals surface area contributed by atoms with Crippen LogP contribution in [0.25, 0.3) is 11.4 Å². The Morgan fingerprint density at radius 2 is 1.67 bits per heavy atom. The van der Waals surface area contributed by atoms with Gasteiger partial charge in [0.2, 0.25) is 17.6 Å². The molecule has 0 aliphatic carbocycles. The number of rotatable bonds is 8. The van der Waals surface area contributed by atoms with Gasteiger partial charge in [-0.2, -0.15) is 4.98 Å². The number of nitrogens with zero attached hydrogens (tertiary/aromatic N) is 4. The summed E-state index contributed by atoms with van der Waals surface area (Å²) in [6.45, 7) is 8.42. The number of amides is 1. The van der Waals surface area contributed by atoms with Gasteiger partial charge in [-0.25, -0.2) is 0 Å². The maximum absolute atomic E-state index is 12.8. The van der Waals surface area contributed by atoms with Gasteiger partial charge in [-0.15, -0.1) is 0 Å². The average Bonchev–Trinajstić information content (AvgIpc) is 3.38. The predicted molar refractivity (Wildman–Crippen MR) is 140 cm³/mol. The Hall–Kier alpha value is -3.03. The summed E-state index contributed by atoms with van der Waals surface area (Å²) in [7, 11) is 0. The summed E-state index contributed by atoms with van der Waals surface area (Å²) in [5, 5.41) is 7.30. The van der Waals surface area contributed by atoms with Gasteiger partial charge in [-0.3, -0.25) is 14.6 Å². The van der Waals surface area contributed by atoms with Crippen molar-refractivity contribution in [2.45, 2.75) is 58.7 Å². The van der Waals surface area contributed by atoms with Crippen LogP contribution >= 0.6 is 0 Å². The van der Waals surface area contributed by atoms with Crippen molar-refractivity contribution in [3.63, 3.8) is 0 Å². The van der Waals surface area contributed by atoms with Crippen LogP contribution in [0.1, 0.15) is 54.7 Å². The Bertz CT molecular complexity index is 1130. The van der Waals surface area contributed by atoms with Crippen molar-refractivity contribution >= 4 is 5.91 Å². The zero-order valence-electron chi connectivity index (χ0n) is 21.3. The lowest BCUT2D eigenvalue weighted by molar-refractivity contribution is -0.126. The Morgan fingerprint density at radius 1 is 0.944 bits per heavy atom. The van der Waals surface area contributed by atoms with Gasteiger partial charge in [-0.1, -0.05) is 59.6 Å². The van der Waals surface area contributed by atoms with Gasteiger partial charge in [0.05, 0.1) is 6.54 Å². The van der Waals surface area contributed by atoms with E-state index in [0.717, 1.165) is 43.6 Å². The molecule has 0 radical (unpaired) electrons. The number of piperidine rings is 2. The summed E-state index contributed by atoms with van der Waals surface area (Å²) in [6, 6.07) is 16.8.